The topological polar surface area (TPSA) is 104 Å². The number of pyridine rings is 1. The van der Waals surface area contributed by atoms with E-state index in [1.165, 1.54) is 16.9 Å². The van der Waals surface area contributed by atoms with Crippen LogP contribution in [0.25, 0.3) is 16.9 Å². The van der Waals surface area contributed by atoms with E-state index < -0.39 is 5.60 Å². The Morgan fingerprint density at radius 3 is 2.69 bits per heavy atom. The van der Waals surface area contributed by atoms with Crippen LogP contribution >= 0.6 is 0 Å². The molecule has 2 fully saturated rings. The quantitative estimate of drug-likeness (QED) is 0.351. The fourth-order valence-electron chi connectivity index (χ4n) is 5.60. The van der Waals surface area contributed by atoms with Gasteiger partial charge in [0.25, 0.3) is 5.56 Å². The second kappa shape index (κ2) is 9.28. The molecule has 2 bridgehead atoms. The Labute approximate surface area is 225 Å². The largest absolute Gasteiger partial charge is 0.384 e. The first kappa shape index (κ1) is 25.2. The van der Waals surface area contributed by atoms with Gasteiger partial charge in [0.2, 0.25) is 5.95 Å². The number of benzene rings is 1. The average Bonchev–Trinajstić information content (AvgIpc) is 3.55. The maximum absolute atomic E-state index is 15.2. The zero-order chi connectivity index (χ0) is 27.5. The van der Waals surface area contributed by atoms with Gasteiger partial charge in [-0.2, -0.15) is 4.98 Å². The monoisotopic (exact) mass is 530 g/mol. The third kappa shape index (κ3) is 4.37. The Bertz CT molecular complexity index is 1640. The number of nitrogens with zero attached hydrogens (tertiary/aromatic N) is 7. The second-order valence-corrected chi connectivity index (χ2v) is 10.8. The van der Waals surface area contributed by atoms with Crippen molar-refractivity contribution < 1.29 is 9.50 Å². The molecule has 10 nitrogen and oxygen atoms in total. The highest BCUT2D eigenvalue weighted by Crippen LogP contribution is 2.36. The van der Waals surface area contributed by atoms with Gasteiger partial charge in [-0.15, -0.1) is 6.58 Å². The van der Waals surface area contributed by atoms with Crippen molar-refractivity contribution in [3.05, 3.63) is 77.1 Å². The minimum Gasteiger partial charge on any atom is -0.384 e. The lowest BCUT2D eigenvalue weighted by atomic mass is 10.1. The van der Waals surface area contributed by atoms with Crippen molar-refractivity contribution in [2.24, 2.45) is 0 Å². The summed E-state index contributed by atoms with van der Waals surface area (Å²) >= 11 is 0. The van der Waals surface area contributed by atoms with Crippen LogP contribution in [0.2, 0.25) is 0 Å². The molecule has 0 radical (unpaired) electrons. The van der Waals surface area contributed by atoms with Crippen LogP contribution in [0.5, 0.6) is 0 Å². The Kier molecular flexibility index (Phi) is 6.00. The molecule has 0 amide bonds. The number of aliphatic hydroxyl groups is 1. The summed E-state index contributed by atoms with van der Waals surface area (Å²) in [5, 5.41) is 13.9. The number of rotatable bonds is 7. The van der Waals surface area contributed by atoms with E-state index in [9.17, 15) is 9.90 Å². The Hall–Kier alpha value is -4.09. The van der Waals surface area contributed by atoms with Gasteiger partial charge in [0.1, 0.15) is 16.8 Å². The number of aromatic nitrogens is 5. The number of piperazine rings is 1. The molecule has 6 rings (SSSR count). The van der Waals surface area contributed by atoms with Crippen LogP contribution < -0.4 is 15.8 Å². The number of fused-ring (bicyclic) bond motifs is 3. The van der Waals surface area contributed by atoms with Crippen molar-refractivity contribution in [3.8, 4) is 5.82 Å². The van der Waals surface area contributed by atoms with E-state index in [-0.39, 0.29) is 23.9 Å². The lowest BCUT2D eigenvalue weighted by Crippen LogP contribution is -2.44. The number of likely N-dealkylation sites (N-methyl/N-ethyl adjacent to an activating group) is 1. The first-order valence-electron chi connectivity index (χ1n) is 13.0. The molecular weight excluding hydrogens is 499 g/mol. The van der Waals surface area contributed by atoms with Crippen molar-refractivity contribution >= 4 is 28.4 Å². The molecule has 4 aromatic rings. The van der Waals surface area contributed by atoms with Crippen LogP contribution in [0.15, 0.2) is 60.0 Å². The highest BCUT2D eigenvalue weighted by atomic mass is 19.1. The molecule has 0 spiro atoms. The first-order chi connectivity index (χ1) is 18.6. The minimum atomic E-state index is -1.18. The highest BCUT2D eigenvalue weighted by Gasteiger charge is 2.42. The summed E-state index contributed by atoms with van der Waals surface area (Å²) in [6, 6.07) is 11.1. The molecule has 2 saturated heterocycles. The van der Waals surface area contributed by atoms with Crippen LogP contribution in [0.1, 0.15) is 26.0 Å². The Balaban J connectivity index is 1.36. The molecule has 0 unspecified atom stereocenters. The number of nitrogens with one attached hydrogen (secondary N) is 1. The van der Waals surface area contributed by atoms with E-state index in [1.54, 1.807) is 48.9 Å². The van der Waals surface area contributed by atoms with Crippen LogP contribution in [0.4, 0.5) is 21.7 Å². The number of anilines is 3. The third-order valence-electron chi connectivity index (χ3n) is 7.58. The number of likely N-dealkylation sites (tertiary alicyclic amines) is 1. The SMILES string of the molecule is C=CCn1c(=O)c2cnc(Nc3ccc(N4C[C@@H]5C[C@H]4CN5C)c(F)c3)nc2n1-c1cccc(C(C)(C)O)n1. The van der Waals surface area contributed by atoms with Crippen molar-refractivity contribution in [1.82, 2.24) is 29.2 Å². The van der Waals surface area contributed by atoms with Crippen LogP contribution in [-0.2, 0) is 12.1 Å². The normalized spacial score (nSPS) is 19.3. The first-order valence-corrected chi connectivity index (χ1v) is 13.0. The summed E-state index contributed by atoms with van der Waals surface area (Å²) in [7, 11) is 2.12. The molecule has 3 aromatic heterocycles. The molecule has 2 aliphatic heterocycles. The van der Waals surface area contributed by atoms with Gasteiger partial charge in [0.05, 0.1) is 17.9 Å². The summed E-state index contributed by atoms with van der Waals surface area (Å²) in [4.78, 5) is 31.2. The van der Waals surface area contributed by atoms with Crippen molar-refractivity contribution in [3.63, 3.8) is 0 Å². The molecule has 5 heterocycles. The maximum atomic E-state index is 15.2. The molecule has 0 saturated carbocycles. The summed E-state index contributed by atoms with van der Waals surface area (Å²) in [5.41, 5.74) is 0.400. The Morgan fingerprint density at radius 2 is 2.03 bits per heavy atom. The van der Waals surface area contributed by atoms with Gasteiger partial charge in [0.15, 0.2) is 11.5 Å². The molecule has 1 aromatic carbocycles. The van der Waals surface area contributed by atoms with Crippen LogP contribution in [-0.4, -0.2) is 66.5 Å². The number of allylic oxidation sites excluding steroid dienone is 1. The van der Waals surface area contributed by atoms with Gasteiger partial charge >= 0.3 is 0 Å². The fourth-order valence-corrected chi connectivity index (χ4v) is 5.60. The van der Waals surface area contributed by atoms with E-state index in [2.05, 4.69) is 43.7 Å². The molecule has 0 aliphatic carbocycles. The van der Waals surface area contributed by atoms with Gasteiger partial charge in [-0.1, -0.05) is 12.1 Å². The van der Waals surface area contributed by atoms with Gasteiger partial charge in [0, 0.05) is 37.1 Å². The summed E-state index contributed by atoms with van der Waals surface area (Å²) in [5.74, 6) is 0.312. The lowest BCUT2D eigenvalue weighted by Gasteiger charge is -2.33. The highest BCUT2D eigenvalue weighted by molar-refractivity contribution is 5.77. The van der Waals surface area contributed by atoms with Gasteiger partial charge in [-0.25, -0.2) is 23.7 Å². The van der Waals surface area contributed by atoms with E-state index in [1.807, 2.05) is 6.07 Å². The predicted molar refractivity (Wildman–Crippen MR) is 148 cm³/mol. The van der Waals surface area contributed by atoms with Crippen LogP contribution in [0, 0.1) is 5.82 Å². The number of halogens is 1. The molecular formula is C28H31FN8O2. The molecule has 2 N–H and O–H groups in total. The fraction of sp³-hybridized carbons (Fsp3) is 0.357. The average molecular weight is 531 g/mol. The molecule has 11 heteroatoms. The molecule has 39 heavy (non-hydrogen) atoms. The molecule has 202 valence electrons. The van der Waals surface area contributed by atoms with Gasteiger partial charge in [-0.05, 0) is 57.6 Å². The Morgan fingerprint density at radius 1 is 1.21 bits per heavy atom. The molecule has 2 aliphatic rings. The lowest BCUT2D eigenvalue weighted by molar-refractivity contribution is 0.0738. The van der Waals surface area contributed by atoms with Gasteiger partial charge < -0.3 is 15.3 Å². The van der Waals surface area contributed by atoms with Crippen LogP contribution in [0.3, 0.4) is 0 Å². The number of hydrogen-bond acceptors (Lipinski definition) is 8. The summed E-state index contributed by atoms with van der Waals surface area (Å²) in [6.07, 6.45) is 4.12. The van der Waals surface area contributed by atoms with E-state index in [0.717, 1.165) is 19.5 Å². The van der Waals surface area contributed by atoms with Crippen molar-refractivity contribution in [2.45, 2.75) is 44.5 Å². The standard InChI is InChI=1S/C28H31FN8O2/c1-5-11-36-26(38)20-14-30-27(33-25(20)37(36)24-8-6-7-23(32-24)28(2,3)39)31-17-9-10-22(21(29)12-17)35-16-18-13-19(35)15-34(18)4/h5-10,12,14,18-19,39H,1,11,13,15-16H2,2-4H3,(H,30,31,33)/t18-,19-/m0/s1. The van der Waals surface area contributed by atoms with Crippen molar-refractivity contribution in [2.75, 3.05) is 30.4 Å². The molecule has 2 atom stereocenters. The smallest absolute Gasteiger partial charge is 0.278 e. The maximum Gasteiger partial charge on any atom is 0.278 e. The van der Waals surface area contributed by atoms with E-state index in [0.29, 0.717) is 46.0 Å². The zero-order valence-electron chi connectivity index (χ0n) is 22.2. The summed E-state index contributed by atoms with van der Waals surface area (Å²) in [6.45, 7) is 9.04. The second-order valence-electron chi connectivity index (χ2n) is 10.8. The number of hydrogen-bond donors (Lipinski definition) is 2. The van der Waals surface area contributed by atoms with Crippen molar-refractivity contribution in [1.29, 1.82) is 0 Å². The minimum absolute atomic E-state index is 0.208. The zero-order valence-corrected chi connectivity index (χ0v) is 22.2. The van der Waals surface area contributed by atoms with E-state index in [4.69, 9.17) is 0 Å². The summed E-state index contributed by atoms with van der Waals surface area (Å²) < 4.78 is 18.3. The van der Waals surface area contributed by atoms with Gasteiger partial charge in [-0.3, -0.25) is 9.69 Å². The predicted octanol–water partition coefficient (Wildman–Crippen LogP) is 3.17. The third-order valence-corrected chi connectivity index (χ3v) is 7.58. The van der Waals surface area contributed by atoms with E-state index >= 15 is 4.39 Å².